The molecule has 13 heavy (non-hydrogen) atoms. The van der Waals surface area contributed by atoms with Gasteiger partial charge in [0.25, 0.3) is 0 Å². The quantitative estimate of drug-likeness (QED) is 0.759. The molecule has 0 spiro atoms. The Morgan fingerprint density at radius 1 is 1.23 bits per heavy atom. The number of hydrogen-bond acceptors (Lipinski definition) is 4. The van der Waals surface area contributed by atoms with Gasteiger partial charge in [-0.3, -0.25) is 0 Å². The third kappa shape index (κ3) is 3.09. The second-order valence-corrected chi connectivity index (χ2v) is 5.27. The third-order valence-corrected chi connectivity index (χ3v) is 4.12. The summed E-state index contributed by atoms with van der Waals surface area (Å²) in [6.07, 6.45) is 0. The summed E-state index contributed by atoms with van der Waals surface area (Å²) in [5.74, 6) is 0. The van der Waals surface area contributed by atoms with Gasteiger partial charge in [-0.1, -0.05) is 0 Å². The van der Waals surface area contributed by atoms with Crippen molar-refractivity contribution in [2.45, 2.75) is 4.90 Å². The molecule has 70 valence electrons. The van der Waals surface area contributed by atoms with E-state index in [0.717, 1.165) is 0 Å². The van der Waals surface area contributed by atoms with Crippen molar-refractivity contribution in [3.8, 4) is 0 Å². The number of hydrogen-bond donors (Lipinski definition) is 1. The molecule has 0 unspecified atom stereocenters. The zero-order valence-electron chi connectivity index (χ0n) is 6.38. The standard InChI is InChI=1S/C6H6O3S.H2O.O.Ti/c7-10(8,9)6-4-2-1-3-5-6;;;/h1-5H,(H,7,8,9);1H2;;/q;;;+2/p-2. The summed E-state index contributed by atoms with van der Waals surface area (Å²) in [4.78, 5) is -0.120. The molecule has 0 amide bonds. The molecule has 0 aliphatic rings. The van der Waals surface area contributed by atoms with Crippen molar-refractivity contribution < 1.29 is 36.8 Å². The van der Waals surface area contributed by atoms with Gasteiger partial charge in [0, 0.05) is 0 Å². The van der Waals surface area contributed by atoms with E-state index >= 15 is 0 Å². The van der Waals surface area contributed by atoms with Crippen LogP contribution in [0.3, 0.4) is 0 Å². The van der Waals surface area contributed by atoms with Crippen molar-refractivity contribution in [1.29, 1.82) is 0 Å². The molecule has 0 aliphatic carbocycles. The third-order valence-electron chi connectivity index (χ3n) is 1.21. The van der Waals surface area contributed by atoms with Crippen LogP contribution in [0, 0.1) is 0 Å². The van der Waals surface area contributed by atoms with Crippen LogP contribution in [0.4, 0.5) is 0 Å². The Balaban J connectivity index is 3.02. The zero-order valence-corrected chi connectivity index (χ0v) is 8.75. The minimum atomic E-state index is -4.05. The molecule has 0 fully saturated rings. The molecule has 0 saturated carbocycles. The van der Waals surface area contributed by atoms with Crippen LogP contribution < -0.4 is 0 Å². The molecule has 1 rings (SSSR count). The van der Waals surface area contributed by atoms with Crippen molar-refractivity contribution in [2.75, 3.05) is 0 Å². The molecule has 1 aromatic carbocycles. The Labute approximate surface area is 82.2 Å². The van der Waals surface area contributed by atoms with Gasteiger partial charge in [0.2, 0.25) is 0 Å². The Morgan fingerprint density at radius 3 is 2.23 bits per heavy atom. The van der Waals surface area contributed by atoms with E-state index in [1.54, 1.807) is 6.07 Å². The van der Waals surface area contributed by atoms with Gasteiger partial charge in [-0.05, 0) is 0 Å². The molecule has 0 aromatic heterocycles. The Bertz CT molecular complexity index is 398. The first kappa shape index (κ1) is 10.7. The van der Waals surface area contributed by atoms with Crippen LogP contribution in [-0.2, 0) is 34.8 Å². The van der Waals surface area contributed by atoms with Crippen LogP contribution in [-0.4, -0.2) is 12.1 Å². The van der Waals surface area contributed by atoms with Gasteiger partial charge in [-0.15, -0.1) is 0 Å². The van der Waals surface area contributed by atoms with Crippen LogP contribution in [0.1, 0.15) is 0 Å². The van der Waals surface area contributed by atoms with Crippen LogP contribution in [0.25, 0.3) is 0 Å². The van der Waals surface area contributed by atoms with Gasteiger partial charge in [-0.25, -0.2) is 0 Å². The summed E-state index contributed by atoms with van der Waals surface area (Å²) < 4.78 is 44.8. The van der Waals surface area contributed by atoms with Gasteiger partial charge < -0.3 is 0 Å². The number of benzene rings is 1. The van der Waals surface area contributed by atoms with Gasteiger partial charge in [0.15, 0.2) is 0 Å². The summed E-state index contributed by atoms with van der Waals surface area (Å²) >= 11 is -4.05. The van der Waals surface area contributed by atoms with Crippen LogP contribution in [0.15, 0.2) is 35.2 Å². The first-order valence-electron chi connectivity index (χ1n) is 3.25. The maximum atomic E-state index is 11.1. The molecule has 0 saturated heterocycles. The second-order valence-electron chi connectivity index (χ2n) is 2.12. The van der Waals surface area contributed by atoms with E-state index in [1.165, 1.54) is 24.3 Å². The van der Waals surface area contributed by atoms with Gasteiger partial charge in [0.1, 0.15) is 0 Å². The summed E-state index contributed by atoms with van der Waals surface area (Å²) in [5.41, 5.74) is 0. The molecule has 0 radical (unpaired) electrons. The molecule has 5 nitrogen and oxygen atoms in total. The molecule has 0 bridgehead atoms. The Kier molecular flexibility index (Phi) is 3.46. The zero-order chi connectivity index (χ0) is 9.90. The Hall–Kier alpha value is -0.396. The normalized spacial score (nSPS) is 11.2. The van der Waals surface area contributed by atoms with E-state index in [1.807, 2.05) is 0 Å². The molecule has 1 aromatic rings. The second kappa shape index (κ2) is 4.21. The predicted octanol–water partition coefficient (Wildman–Crippen LogP) is 0.178. The molecule has 0 atom stereocenters. The molecular formula is C6H6O5STi. The molecular weight excluding hydrogens is 232 g/mol. The van der Waals surface area contributed by atoms with Gasteiger partial charge >= 0.3 is 82.2 Å². The summed E-state index contributed by atoms with van der Waals surface area (Å²) in [6, 6.07) is 7.20. The van der Waals surface area contributed by atoms with E-state index < -0.39 is 28.7 Å². The van der Waals surface area contributed by atoms with Crippen LogP contribution >= 0.6 is 0 Å². The van der Waals surface area contributed by atoms with Crippen molar-refractivity contribution >= 4 is 10.1 Å². The molecule has 0 heterocycles. The van der Waals surface area contributed by atoms with Gasteiger partial charge in [-0.2, -0.15) is 0 Å². The molecule has 1 N–H and O–H groups in total. The molecule has 7 heteroatoms. The van der Waals surface area contributed by atoms with Crippen molar-refractivity contribution in [1.82, 2.24) is 0 Å². The van der Waals surface area contributed by atoms with E-state index in [-0.39, 0.29) is 4.90 Å². The fraction of sp³-hybridized carbons (Fsp3) is 0. The predicted molar refractivity (Wildman–Crippen MR) is 37.6 cm³/mol. The first-order chi connectivity index (χ1) is 6.02. The van der Waals surface area contributed by atoms with Crippen molar-refractivity contribution in [3.05, 3.63) is 30.3 Å². The van der Waals surface area contributed by atoms with Crippen molar-refractivity contribution in [3.63, 3.8) is 0 Å². The summed E-state index contributed by atoms with van der Waals surface area (Å²) in [6.45, 7) is 0. The number of rotatable bonds is 3. The SMILES string of the molecule is [O]=[Ti]([OH])[O]S(=O)(=O)c1ccccc1. The average Bonchev–Trinajstić information content (AvgIpc) is 2.04. The fourth-order valence-corrected chi connectivity index (χ4v) is 2.83. The monoisotopic (exact) mass is 238 g/mol. The Morgan fingerprint density at radius 2 is 1.77 bits per heavy atom. The van der Waals surface area contributed by atoms with E-state index in [4.69, 9.17) is 3.69 Å². The molecule has 0 aliphatic heterocycles. The van der Waals surface area contributed by atoms with Crippen molar-refractivity contribution in [2.24, 2.45) is 0 Å². The summed E-state index contributed by atoms with van der Waals surface area (Å²) in [7, 11) is -4.05. The van der Waals surface area contributed by atoms with E-state index in [9.17, 15) is 11.7 Å². The topological polar surface area (TPSA) is 80.7 Å². The summed E-state index contributed by atoms with van der Waals surface area (Å²) in [5, 5.41) is 0. The first-order valence-corrected chi connectivity index (χ1v) is 6.63. The maximum absolute atomic E-state index is 11.1. The van der Waals surface area contributed by atoms with Crippen LogP contribution in [0.5, 0.6) is 0 Å². The van der Waals surface area contributed by atoms with E-state index in [0.29, 0.717) is 0 Å². The fourth-order valence-electron chi connectivity index (χ4n) is 0.729. The minimum absolute atomic E-state index is 0.120. The van der Waals surface area contributed by atoms with E-state index in [2.05, 4.69) is 2.76 Å². The van der Waals surface area contributed by atoms with Crippen LogP contribution in [0.2, 0.25) is 0 Å². The van der Waals surface area contributed by atoms with Gasteiger partial charge in [0.05, 0.1) is 0 Å². The average molecular weight is 238 g/mol.